The van der Waals surface area contributed by atoms with Crippen LogP contribution in [-0.4, -0.2) is 17.7 Å². The average molecular weight is 263 g/mol. The normalized spacial score (nSPS) is 9.93. The van der Waals surface area contributed by atoms with Gasteiger partial charge in [-0.2, -0.15) is 0 Å². The Morgan fingerprint density at radius 1 is 1.64 bits per heavy atom. The number of aromatic hydroxyl groups is 1. The molecule has 0 aliphatic heterocycles. The van der Waals surface area contributed by atoms with E-state index < -0.39 is 23.1 Å². The monoisotopic (exact) mass is 262 g/mol. The van der Waals surface area contributed by atoms with Crippen LogP contribution in [0.1, 0.15) is 17.3 Å². The lowest BCUT2D eigenvalue weighted by Crippen LogP contribution is -2.07. The van der Waals surface area contributed by atoms with Gasteiger partial charge in [0, 0.05) is 0 Å². The quantitative estimate of drug-likeness (QED) is 0.834. The first-order chi connectivity index (χ1) is 6.57. The van der Waals surface area contributed by atoms with E-state index in [1.54, 1.807) is 6.92 Å². The summed E-state index contributed by atoms with van der Waals surface area (Å²) in [7, 11) is 0. The Labute approximate surface area is 88.6 Å². The van der Waals surface area contributed by atoms with Crippen LogP contribution in [0.5, 0.6) is 5.75 Å². The van der Waals surface area contributed by atoms with Gasteiger partial charge in [0.1, 0.15) is 11.3 Å². The van der Waals surface area contributed by atoms with Gasteiger partial charge in [0.15, 0.2) is 5.82 Å². The Kier molecular flexibility index (Phi) is 3.46. The lowest BCUT2D eigenvalue weighted by atomic mass is 10.2. The number of benzene rings is 1. The standard InChI is InChI=1S/C9H8BrFO3/c1-2-14-9(13)7-6(12)4-3-5(10)8(7)11/h3-4,12H,2H2,1H3. The Bertz CT molecular complexity index is 365. The van der Waals surface area contributed by atoms with Gasteiger partial charge < -0.3 is 9.84 Å². The zero-order valence-electron chi connectivity index (χ0n) is 7.38. The fourth-order valence-corrected chi connectivity index (χ4v) is 1.27. The van der Waals surface area contributed by atoms with Gasteiger partial charge in [0.05, 0.1) is 11.1 Å². The highest BCUT2D eigenvalue weighted by Gasteiger charge is 2.19. The minimum absolute atomic E-state index is 0.110. The summed E-state index contributed by atoms with van der Waals surface area (Å²) in [6, 6.07) is 2.53. The van der Waals surface area contributed by atoms with Crippen LogP contribution in [0.4, 0.5) is 4.39 Å². The van der Waals surface area contributed by atoms with Crippen molar-refractivity contribution in [1.82, 2.24) is 0 Å². The van der Waals surface area contributed by atoms with Crippen LogP contribution >= 0.6 is 15.9 Å². The molecule has 3 nitrogen and oxygen atoms in total. The SMILES string of the molecule is CCOC(=O)c1c(O)ccc(Br)c1F. The molecular weight excluding hydrogens is 255 g/mol. The molecule has 5 heteroatoms. The summed E-state index contributed by atoms with van der Waals surface area (Å²) in [4.78, 5) is 11.2. The maximum Gasteiger partial charge on any atom is 0.344 e. The number of carbonyl (C=O) groups excluding carboxylic acids is 1. The molecule has 0 fully saturated rings. The number of phenolic OH excluding ortho intramolecular Hbond substituents is 1. The van der Waals surface area contributed by atoms with E-state index >= 15 is 0 Å². The second kappa shape index (κ2) is 4.41. The van der Waals surface area contributed by atoms with Crippen molar-refractivity contribution < 1.29 is 19.0 Å². The molecule has 14 heavy (non-hydrogen) atoms. The molecule has 0 unspecified atom stereocenters. The maximum absolute atomic E-state index is 13.3. The number of phenols is 1. The van der Waals surface area contributed by atoms with Gasteiger partial charge in [-0.15, -0.1) is 0 Å². The van der Waals surface area contributed by atoms with Crippen LogP contribution in [-0.2, 0) is 4.74 Å². The fraction of sp³-hybridized carbons (Fsp3) is 0.222. The number of carbonyl (C=O) groups is 1. The third-order valence-corrected chi connectivity index (χ3v) is 2.16. The molecule has 0 bridgehead atoms. The first kappa shape index (κ1) is 11.0. The maximum atomic E-state index is 13.3. The largest absolute Gasteiger partial charge is 0.507 e. The number of esters is 1. The molecule has 1 aromatic carbocycles. The second-order valence-corrected chi connectivity index (χ2v) is 3.33. The molecule has 1 aromatic rings. The summed E-state index contributed by atoms with van der Waals surface area (Å²) in [6.45, 7) is 1.73. The van der Waals surface area contributed by atoms with Crippen LogP contribution < -0.4 is 0 Å². The zero-order chi connectivity index (χ0) is 10.7. The third-order valence-electron chi connectivity index (χ3n) is 1.55. The predicted molar refractivity (Wildman–Crippen MR) is 51.7 cm³/mol. The van der Waals surface area contributed by atoms with E-state index in [2.05, 4.69) is 20.7 Å². The van der Waals surface area contributed by atoms with E-state index in [-0.39, 0.29) is 11.1 Å². The van der Waals surface area contributed by atoms with Gasteiger partial charge in [-0.1, -0.05) is 0 Å². The summed E-state index contributed by atoms with van der Waals surface area (Å²) in [5, 5.41) is 9.25. The van der Waals surface area contributed by atoms with Gasteiger partial charge in [-0.05, 0) is 35.0 Å². The van der Waals surface area contributed by atoms with E-state index in [0.29, 0.717) is 0 Å². The summed E-state index contributed by atoms with van der Waals surface area (Å²) >= 11 is 2.91. The van der Waals surface area contributed by atoms with Crippen molar-refractivity contribution in [2.45, 2.75) is 6.92 Å². The molecular formula is C9H8BrFO3. The van der Waals surface area contributed by atoms with Gasteiger partial charge in [-0.25, -0.2) is 9.18 Å². The van der Waals surface area contributed by atoms with Crippen LogP contribution in [0.2, 0.25) is 0 Å². The fourth-order valence-electron chi connectivity index (χ4n) is 0.938. The molecule has 1 rings (SSSR count). The Morgan fingerprint density at radius 3 is 2.86 bits per heavy atom. The summed E-state index contributed by atoms with van der Waals surface area (Å²) < 4.78 is 18.0. The van der Waals surface area contributed by atoms with E-state index in [9.17, 15) is 14.3 Å². The predicted octanol–water partition coefficient (Wildman–Crippen LogP) is 2.47. The minimum Gasteiger partial charge on any atom is -0.507 e. The van der Waals surface area contributed by atoms with E-state index in [1.807, 2.05) is 0 Å². The van der Waals surface area contributed by atoms with E-state index in [0.717, 1.165) is 0 Å². The highest BCUT2D eigenvalue weighted by Crippen LogP contribution is 2.27. The lowest BCUT2D eigenvalue weighted by Gasteiger charge is -2.06. The van der Waals surface area contributed by atoms with Gasteiger partial charge >= 0.3 is 5.97 Å². The number of ether oxygens (including phenoxy) is 1. The Morgan fingerprint density at radius 2 is 2.29 bits per heavy atom. The van der Waals surface area contributed by atoms with Crippen molar-refractivity contribution in [3.8, 4) is 5.75 Å². The molecule has 76 valence electrons. The van der Waals surface area contributed by atoms with Crippen LogP contribution in [0.25, 0.3) is 0 Å². The molecule has 0 saturated heterocycles. The lowest BCUT2D eigenvalue weighted by molar-refractivity contribution is 0.0517. The van der Waals surface area contributed by atoms with Crippen molar-refractivity contribution in [2.75, 3.05) is 6.61 Å². The van der Waals surface area contributed by atoms with E-state index in [4.69, 9.17) is 0 Å². The second-order valence-electron chi connectivity index (χ2n) is 2.48. The van der Waals surface area contributed by atoms with Gasteiger partial charge in [0.2, 0.25) is 0 Å². The topological polar surface area (TPSA) is 46.5 Å². The van der Waals surface area contributed by atoms with Crippen molar-refractivity contribution in [2.24, 2.45) is 0 Å². The molecule has 0 aromatic heterocycles. The molecule has 0 aliphatic carbocycles. The van der Waals surface area contributed by atoms with Crippen molar-refractivity contribution >= 4 is 21.9 Å². The van der Waals surface area contributed by atoms with Crippen molar-refractivity contribution in [3.63, 3.8) is 0 Å². The Balaban J connectivity index is 3.18. The molecule has 0 amide bonds. The van der Waals surface area contributed by atoms with Crippen LogP contribution in [0, 0.1) is 5.82 Å². The van der Waals surface area contributed by atoms with Crippen molar-refractivity contribution in [3.05, 3.63) is 28.0 Å². The third kappa shape index (κ3) is 2.04. The van der Waals surface area contributed by atoms with Crippen LogP contribution in [0.15, 0.2) is 16.6 Å². The average Bonchev–Trinajstić information content (AvgIpc) is 2.13. The number of hydrogen-bond acceptors (Lipinski definition) is 3. The number of halogens is 2. The smallest absolute Gasteiger partial charge is 0.344 e. The first-order valence-electron chi connectivity index (χ1n) is 3.92. The molecule has 0 atom stereocenters. The molecule has 0 spiro atoms. The first-order valence-corrected chi connectivity index (χ1v) is 4.71. The molecule has 0 aliphatic rings. The zero-order valence-corrected chi connectivity index (χ0v) is 8.97. The van der Waals surface area contributed by atoms with Crippen LogP contribution in [0.3, 0.4) is 0 Å². The summed E-state index contributed by atoms with van der Waals surface area (Å²) in [5.74, 6) is -2.11. The summed E-state index contributed by atoms with van der Waals surface area (Å²) in [6.07, 6.45) is 0. The minimum atomic E-state index is -0.871. The Hall–Kier alpha value is -1.10. The molecule has 0 heterocycles. The number of rotatable bonds is 2. The van der Waals surface area contributed by atoms with Crippen molar-refractivity contribution in [1.29, 1.82) is 0 Å². The van der Waals surface area contributed by atoms with Gasteiger partial charge in [-0.3, -0.25) is 0 Å². The highest BCUT2D eigenvalue weighted by atomic mass is 79.9. The summed E-state index contributed by atoms with van der Waals surface area (Å²) in [5.41, 5.74) is -0.443. The molecule has 0 radical (unpaired) electrons. The van der Waals surface area contributed by atoms with Gasteiger partial charge in [0.25, 0.3) is 0 Å². The number of hydrogen-bond donors (Lipinski definition) is 1. The highest BCUT2D eigenvalue weighted by molar-refractivity contribution is 9.10. The molecule has 1 N–H and O–H groups in total. The molecule has 0 saturated carbocycles. The van der Waals surface area contributed by atoms with E-state index in [1.165, 1.54) is 12.1 Å².